The highest BCUT2D eigenvalue weighted by molar-refractivity contribution is 6.33. The van der Waals surface area contributed by atoms with E-state index in [1.54, 1.807) is 7.11 Å². The van der Waals surface area contributed by atoms with Crippen molar-refractivity contribution >= 4 is 17.4 Å². The van der Waals surface area contributed by atoms with Gasteiger partial charge in [0.1, 0.15) is 17.4 Å². The summed E-state index contributed by atoms with van der Waals surface area (Å²) in [5.74, 6) is 1.88. The lowest BCUT2D eigenvalue weighted by molar-refractivity contribution is 0.414. The second-order valence-electron chi connectivity index (χ2n) is 5.90. The van der Waals surface area contributed by atoms with Gasteiger partial charge in [0.25, 0.3) is 0 Å². The number of methoxy groups -OCH3 is 1. The summed E-state index contributed by atoms with van der Waals surface area (Å²) in [4.78, 5) is 9.02. The maximum absolute atomic E-state index is 6.41. The van der Waals surface area contributed by atoms with Gasteiger partial charge in [0, 0.05) is 22.1 Å². The normalized spacial score (nSPS) is 12.0. The molecule has 0 bridgehead atoms. The highest BCUT2D eigenvalue weighted by Crippen LogP contribution is 2.38. The van der Waals surface area contributed by atoms with Crippen molar-refractivity contribution in [1.29, 1.82) is 0 Å². The fourth-order valence-electron chi connectivity index (χ4n) is 2.97. The largest absolute Gasteiger partial charge is 0.497 e. The number of aromatic nitrogens is 2. The minimum Gasteiger partial charge on any atom is -0.497 e. The molecule has 0 saturated heterocycles. The summed E-state index contributed by atoms with van der Waals surface area (Å²) in [7, 11) is 1.66. The molecule has 2 aromatic carbocycles. The van der Waals surface area contributed by atoms with Gasteiger partial charge in [-0.05, 0) is 30.7 Å². The average Bonchev–Trinajstić information content (AvgIpc) is 2.61. The van der Waals surface area contributed by atoms with E-state index in [1.807, 2.05) is 55.5 Å². The van der Waals surface area contributed by atoms with E-state index < -0.39 is 0 Å². The van der Waals surface area contributed by atoms with Crippen LogP contribution in [-0.4, -0.2) is 17.1 Å². The molecule has 2 N–H and O–H groups in total. The quantitative estimate of drug-likeness (QED) is 0.728. The van der Waals surface area contributed by atoms with Gasteiger partial charge in [-0.3, -0.25) is 0 Å². The van der Waals surface area contributed by atoms with Gasteiger partial charge in [0.15, 0.2) is 0 Å². The summed E-state index contributed by atoms with van der Waals surface area (Å²) in [6, 6.07) is 15.6. The van der Waals surface area contributed by atoms with Crippen molar-refractivity contribution in [1.82, 2.24) is 9.97 Å². The minimum atomic E-state index is -0.0121. The predicted molar refractivity (Wildman–Crippen MR) is 102 cm³/mol. The molecule has 3 rings (SSSR count). The standard InChI is InChI=1S/C20H20ClN3O/c1-12(14-7-6-8-15(11-14)25-3)18-19(23-13(2)24-20(18)22)16-9-4-5-10-17(16)21/h4-12H,1-3H3,(H2,22,23,24)/t12-/m0/s1. The van der Waals surface area contributed by atoms with Crippen LogP contribution in [0, 0.1) is 6.92 Å². The maximum Gasteiger partial charge on any atom is 0.131 e. The molecule has 1 atom stereocenters. The van der Waals surface area contributed by atoms with Crippen LogP contribution < -0.4 is 10.5 Å². The zero-order valence-corrected chi connectivity index (χ0v) is 15.2. The molecule has 0 aliphatic heterocycles. The summed E-state index contributed by atoms with van der Waals surface area (Å²) < 4.78 is 5.34. The van der Waals surface area contributed by atoms with Gasteiger partial charge in [-0.1, -0.05) is 48.9 Å². The number of ether oxygens (including phenoxy) is 1. The van der Waals surface area contributed by atoms with Crippen molar-refractivity contribution in [3.05, 3.63) is 70.5 Å². The number of rotatable bonds is 4. The van der Waals surface area contributed by atoms with Gasteiger partial charge >= 0.3 is 0 Å². The van der Waals surface area contributed by atoms with E-state index in [-0.39, 0.29) is 5.92 Å². The Bertz CT molecular complexity index is 911. The number of aryl methyl sites for hydroxylation is 1. The van der Waals surface area contributed by atoms with Crippen LogP contribution in [0.1, 0.15) is 29.8 Å². The molecule has 3 aromatic rings. The molecule has 4 nitrogen and oxygen atoms in total. The van der Waals surface area contributed by atoms with Crippen LogP contribution in [-0.2, 0) is 0 Å². The first-order chi connectivity index (χ1) is 12.0. The molecule has 25 heavy (non-hydrogen) atoms. The van der Waals surface area contributed by atoms with Crippen LogP contribution >= 0.6 is 11.6 Å². The van der Waals surface area contributed by atoms with Crippen LogP contribution in [0.4, 0.5) is 5.82 Å². The summed E-state index contributed by atoms with van der Waals surface area (Å²) in [6.07, 6.45) is 0. The average molecular weight is 354 g/mol. The molecular weight excluding hydrogens is 334 g/mol. The molecule has 0 amide bonds. The molecule has 0 aliphatic carbocycles. The number of nitrogen functional groups attached to an aromatic ring is 1. The van der Waals surface area contributed by atoms with Gasteiger partial charge in [0.2, 0.25) is 0 Å². The molecule has 0 radical (unpaired) electrons. The zero-order valence-electron chi connectivity index (χ0n) is 14.5. The smallest absolute Gasteiger partial charge is 0.131 e. The van der Waals surface area contributed by atoms with E-state index in [1.165, 1.54) is 0 Å². The zero-order chi connectivity index (χ0) is 18.0. The first kappa shape index (κ1) is 17.2. The fraction of sp³-hybridized carbons (Fsp3) is 0.200. The summed E-state index contributed by atoms with van der Waals surface area (Å²) in [6.45, 7) is 3.91. The topological polar surface area (TPSA) is 61.0 Å². The fourth-order valence-corrected chi connectivity index (χ4v) is 3.19. The maximum atomic E-state index is 6.41. The third-order valence-corrected chi connectivity index (χ3v) is 4.57. The number of nitrogens with two attached hydrogens (primary N) is 1. The van der Waals surface area contributed by atoms with Gasteiger partial charge in [-0.25, -0.2) is 9.97 Å². The highest BCUT2D eigenvalue weighted by atomic mass is 35.5. The summed E-state index contributed by atoms with van der Waals surface area (Å²) in [5, 5.41) is 0.638. The first-order valence-electron chi connectivity index (χ1n) is 8.04. The second kappa shape index (κ2) is 7.11. The summed E-state index contributed by atoms with van der Waals surface area (Å²) in [5.41, 5.74) is 9.86. The lowest BCUT2D eigenvalue weighted by atomic mass is 9.90. The number of halogens is 1. The monoisotopic (exact) mass is 353 g/mol. The van der Waals surface area contributed by atoms with E-state index in [9.17, 15) is 0 Å². The Morgan fingerprint density at radius 2 is 1.84 bits per heavy atom. The van der Waals surface area contributed by atoms with E-state index in [4.69, 9.17) is 22.1 Å². The van der Waals surface area contributed by atoms with E-state index in [2.05, 4.69) is 16.9 Å². The molecule has 0 fully saturated rings. The third kappa shape index (κ3) is 3.44. The van der Waals surface area contributed by atoms with Gasteiger partial charge < -0.3 is 10.5 Å². The van der Waals surface area contributed by atoms with Crippen molar-refractivity contribution < 1.29 is 4.74 Å². The second-order valence-corrected chi connectivity index (χ2v) is 6.30. The Hall–Kier alpha value is -2.59. The van der Waals surface area contributed by atoms with Crippen molar-refractivity contribution in [3.8, 4) is 17.0 Å². The van der Waals surface area contributed by atoms with Crippen LogP contribution in [0.2, 0.25) is 5.02 Å². The van der Waals surface area contributed by atoms with Crippen LogP contribution in [0.5, 0.6) is 5.75 Å². The molecule has 0 unspecified atom stereocenters. The molecule has 0 aliphatic rings. The predicted octanol–water partition coefficient (Wildman–Crippen LogP) is 4.85. The number of benzene rings is 2. The Labute approximate surface area is 152 Å². The van der Waals surface area contributed by atoms with E-state index >= 15 is 0 Å². The molecule has 0 saturated carbocycles. The van der Waals surface area contributed by atoms with Gasteiger partial charge in [-0.2, -0.15) is 0 Å². The molecule has 1 aromatic heterocycles. The van der Waals surface area contributed by atoms with Crippen molar-refractivity contribution in [2.45, 2.75) is 19.8 Å². The first-order valence-corrected chi connectivity index (χ1v) is 8.42. The van der Waals surface area contributed by atoms with Crippen LogP contribution in [0.15, 0.2) is 48.5 Å². The molecule has 0 spiro atoms. The van der Waals surface area contributed by atoms with Crippen molar-refractivity contribution in [2.75, 3.05) is 12.8 Å². The number of nitrogens with zero attached hydrogens (tertiary/aromatic N) is 2. The third-order valence-electron chi connectivity index (χ3n) is 4.24. The number of anilines is 1. The molecule has 5 heteroatoms. The highest BCUT2D eigenvalue weighted by Gasteiger charge is 2.21. The summed E-state index contributed by atoms with van der Waals surface area (Å²) >= 11 is 6.41. The van der Waals surface area contributed by atoms with E-state index in [0.29, 0.717) is 16.7 Å². The Kier molecular flexibility index (Phi) is 4.91. The van der Waals surface area contributed by atoms with Crippen molar-refractivity contribution in [3.63, 3.8) is 0 Å². The van der Waals surface area contributed by atoms with Gasteiger partial charge in [-0.15, -0.1) is 0 Å². The Balaban J connectivity index is 2.20. The Morgan fingerprint density at radius 3 is 2.56 bits per heavy atom. The van der Waals surface area contributed by atoms with Crippen molar-refractivity contribution in [2.24, 2.45) is 0 Å². The van der Waals surface area contributed by atoms with Gasteiger partial charge in [0.05, 0.1) is 12.8 Å². The molecule has 1 heterocycles. The number of hydrogen-bond donors (Lipinski definition) is 1. The Morgan fingerprint density at radius 1 is 1.08 bits per heavy atom. The molecule has 128 valence electrons. The lowest BCUT2D eigenvalue weighted by Crippen LogP contribution is -2.09. The SMILES string of the molecule is COc1cccc([C@H](C)c2c(N)nc(C)nc2-c2ccccc2Cl)c1. The lowest BCUT2D eigenvalue weighted by Gasteiger charge is -2.19. The number of hydrogen-bond acceptors (Lipinski definition) is 4. The van der Waals surface area contributed by atoms with E-state index in [0.717, 1.165) is 28.1 Å². The van der Waals surface area contributed by atoms with Crippen LogP contribution in [0.25, 0.3) is 11.3 Å². The molecular formula is C20H20ClN3O. The minimum absolute atomic E-state index is 0.0121. The van der Waals surface area contributed by atoms with Crippen LogP contribution in [0.3, 0.4) is 0 Å².